The second kappa shape index (κ2) is 5.31. The minimum absolute atomic E-state index is 0.0997. The van der Waals surface area contributed by atoms with Crippen LogP contribution in [0.1, 0.15) is 40.0 Å². The van der Waals surface area contributed by atoms with Gasteiger partial charge < -0.3 is 4.98 Å². The Hall–Kier alpha value is -2.17. The Balaban J connectivity index is 2.08. The maximum Gasteiger partial charge on any atom is 0.141 e. The van der Waals surface area contributed by atoms with E-state index in [-0.39, 0.29) is 5.54 Å². The molecule has 0 aliphatic carbocycles. The predicted molar refractivity (Wildman–Crippen MR) is 84.0 cm³/mol. The summed E-state index contributed by atoms with van der Waals surface area (Å²) in [7, 11) is 0. The third-order valence-electron chi connectivity index (χ3n) is 4.67. The lowest BCUT2D eigenvalue weighted by Gasteiger charge is -2.31. The zero-order chi connectivity index (χ0) is 14.9. The average Bonchev–Trinajstić information content (AvgIpc) is 3.19. The van der Waals surface area contributed by atoms with E-state index in [0.29, 0.717) is 0 Å². The highest BCUT2D eigenvalue weighted by atomic mass is 15.3. The van der Waals surface area contributed by atoms with Crippen LogP contribution in [0.3, 0.4) is 0 Å². The van der Waals surface area contributed by atoms with Crippen LogP contribution in [0.5, 0.6) is 0 Å². The van der Waals surface area contributed by atoms with Crippen LogP contribution in [0.25, 0.3) is 22.3 Å². The van der Waals surface area contributed by atoms with Gasteiger partial charge in [0.1, 0.15) is 12.0 Å². The second-order valence-electron chi connectivity index (χ2n) is 5.42. The molecule has 3 heterocycles. The molecule has 0 amide bonds. The van der Waals surface area contributed by atoms with E-state index in [2.05, 4.69) is 51.7 Å². The molecule has 0 saturated heterocycles. The Labute approximate surface area is 124 Å². The zero-order valence-electron chi connectivity index (χ0n) is 12.8. The number of aromatic nitrogens is 5. The smallest absolute Gasteiger partial charge is 0.141 e. The van der Waals surface area contributed by atoms with Crippen molar-refractivity contribution >= 4 is 11.0 Å². The van der Waals surface area contributed by atoms with Crippen LogP contribution in [-0.4, -0.2) is 24.7 Å². The maximum atomic E-state index is 4.61. The molecular weight excluding hydrogens is 262 g/mol. The summed E-state index contributed by atoms with van der Waals surface area (Å²) in [6, 6.07) is 2.01. The molecule has 5 nitrogen and oxygen atoms in total. The van der Waals surface area contributed by atoms with Gasteiger partial charge in [-0.25, -0.2) is 9.97 Å². The number of hydrogen-bond donors (Lipinski definition) is 1. The summed E-state index contributed by atoms with van der Waals surface area (Å²) in [6.45, 7) is 6.68. The molecule has 0 aliphatic heterocycles. The summed E-state index contributed by atoms with van der Waals surface area (Å²) in [5.74, 6) is 0. The van der Waals surface area contributed by atoms with Gasteiger partial charge in [0.05, 0.1) is 17.4 Å². The Morgan fingerprint density at radius 1 is 1.14 bits per heavy atom. The van der Waals surface area contributed by atoms with E-state index in [4.69, 9.17) is 0 Å². The van der Waals surface area contributed by atoms with Crippen LogP contribution in [0.4, 0.5) is 0 Å². The van der Waals surface area contributed by atoms with Gasteiger partial charge in [0.2, 0.25) is 0 Å². The molecule has 3 rings (SSSR count). The third-order valence-corrected chi connectivity index (χ3v) is 4.67. The van der Waals surface area contributed by atoms with E-state index >= 15 is 0 Å². The van der Waals surface area contributed by atoms with Crippen molar-refractivity contribution in [2.24, 2.45) is 0 Å². The fourth-order valence-electron chi connectivity index (χ4n) is 3.04. The fraction of sp³-hybridized carbons (Fsp3) is 0.438. The number of H-pyrrole nitrogens is 1. The van der Waals surface area contributed by atoms with Crippen LogP contribution in [-0.2, 0) is 5.54 Å². The van der Waals surface area contributed by atoms with E-state index in [1.54, 1.807) is 6.33 Å². The average molecular weight is 283 g/mol. The second-order valence-corrected chi connectivity index (χ2v) is 5.42. The molecule has 0 aliphatic rings. The molecule has 0 radical (unpaired) electrons. The highest BCUT2D eigenvalue weighted by Crippen LogP contribution is 2.31. The van der Waals surface area contributed by atoms with Crippen molar-refractivity contribution in [3.8, 4) is 11.3 Å². The summed E-state index contributed by atoms with van der Waals surface area (Å²) in [6.07, 6.45) is 10.7. The van der Waals surface area contributed by atoms with Gasteiger partial charge in [-0.3, -0.25) is 4.68 Å². The summed E-state index contributed by atoms with van der Waals surface area (Å²) in [5, 5.41) is 5.65. The van der Waals surface area contributed by atoms with Crippen molar-refractivity contribution < 1.29 is 0 Å². The molecule has 110 valence electrons. The minimum atomic E-state index is 0.0997. The van der Waals surface area contributed by atoms with Crippen LogP contribution in [0.15, 0.2) is 31.0 Å². The molecule has 5 heteroatoms. The molecule has 3 aromatic rings. The van der Waals surface area contributed by atoms with Crippen molar-refractivity contribution in [3.63, 3.8) is 0 Å². The van der Waals surface area contributed by atoms with Crippen LogP contribution in [0, 0.1) is 0 Å². The number of nitrogens with one attached hydrogen (secondary N) is 1. The lowest BCUT2D eigenvalue weighted by atomic mass is 9.90. The van der Waals surface area contributed by atoms with E-state index in [1.165, 1.54) is 0 Å². The zero-order valence-corrected chi connectivity index (χ0v) is 12.8. The summed E-state index contributed by atoms with van der Waals surface area (Å²) in [5.41, 5.74) is 2.94. The Morgan fingerprint density at radius 3 is 2.62 bits per heavy atom. The molecule has 0 aromatic carbocycles. The number of aromatic amines is 1. The Kier molecular flexibility index (Phi) is 3.49. The molecular formula is C16H21N5. The molecule has 21 heavy (non-hydrogen) atoms. The highest BCUT2D eigenvalue weighted by Gasteiger charge is 2.27. The van der Waals surface area contributed by atoms with E-state index in [0.717, 1.165) is 41.6 Å². The number of nitrogens with zero attached hydrogens (tertiary/aromatic N) is 4. The summed E-state index contributed by atoms with van der Waals surface area (Å²) >= 11 is 0. The van der Waals surface area contributed by atoms with Gasteiger partial charge in [-0.15, -0.1) is 0 Å². The predicted octanol–water partition coefficient (Wildman–Crippen LogP) is 3.75. The largest absolute Gasteiger partial charge is 0.346 e. The van der Waals surface area contributed by atoms with Gasteiger partial charge in [0, 0.05) is 23.3 Å². The first-order valence-electron chi connectivity index (χ1n) is 7.57. The van der Waals surface area contributed by atoms with Gasteiger partial charge in [0.25, 0.3) is 0 Å². The van der Waals surface area contributed by atoms with Gasteiger partial charge in [0.15, 0.2) is 0 Å². The molecule has 0 atom stereocenters. The third kappa shape index (κ3) is 2.13. The van der Waals surface area contributed by atoms with E-state index in [1.807, 2.05) is 18.5 Å². The Morgan fingerprint density at radius 2 is 1.90 bits per heavy atom. The van der Waals surface area contributed by atoms with Crippen molar-refractivity contribution in [2.75, 3.05) is 0 Å². The maximum absolute atomic E-state index is 4.61. The number of rotatable bonds is 5. The fourth-order valence-corrected chi connectivity index (χ4v) is 3.04. The van der Waals surface area contributed by atoms with E-state index < -0.39 is 0 Å². The van der Waals surface area contributed by atoms with Crippen LogP contribution >= 0.6 is 0 Å². The molecule has 0 bridgehead atoms. The number of fused-ring (bicyclic) bond motifs is 1. The minimum Gasteiger partial charge on any atom is -0.346 e. The highest BCUT2D eigenvalue weighted by molar-refractivity contribution is 5.89. The lowest BCUT2D eigenvalue weighted by molar-refractivity contribution is 0.225. The van der Waals surface area contributed by atoms with Gasteiger partial charge >= 0.3 is 0 Å². The topological polar surface area (TPSA) is 59.4 Å². The van der Waals surface area contributed by atoms with Gasteiger partial charge in [-0.1, -0.05) is 20.8 Å². The Bertz CT molecular complexity index is 728. The van der Waals surface area contributed by atoms with E-state index in [9.17, 15) is 0 Å². The van der Waals surface area contributed by atoms with Gasteiger partial charge in [-0.2, -0.15) is 5.10 Å². The summed E-state index contributed by atoms with van der Waals surface area (Å²) < 4.78 is 2.11. The monoisotopic (exact) mass is 283 g/mol. The molecule has 0 fully saturated rings. The van der Waals surface area contributed by atoms with Crippen molar-refractivity contribution in [1.29, 1.82) is 0 Å². The lowest BCUT2D eigenvalue weighted by Crippen LogP contribution is -2.31. The van der Waals surface area contributed by atoms with Crippen LogP contribution in [0.2, 0.25) is 0 Å². The quantitative estimate of drug-likeness (QED) is 0.775. The first-order valence-corrected chi connectivity index (χ1v) is 7.57. The molecule has 0 spiro atoms. The SMILES string of the molecule is CCC(CC)(CC)n1cc(-c2ncnc3[nH]ccc23)cn1. The first kappa shape index (κ1) is 13.8. The van der Waals surface area contributed by atoms with Gasteiger partial charge in [-0.05, 0) is 25.3 Å². The standard InChI is InChI=1S/C16H21N5/c1-4-16(5-2,6-3)21-10-12(9-20-21)14-13-7-8-17-15(13)19-11-18-14/h7-11H,4-6H2,1-3H3,(H,17,18,19). The molecule has 0 unspecified atom stereocenters. The molecule has 1 N–H and O–H groups in total. The van der Waals surface area contributed by atoms with Crippen molar-refractivity contribution in [1.82, 2.24) is 24.7 Å². The van der Waals surface area contributed by atoms with Crippen LogP contribution < -0.4 is 0 Å². The molecule has 0 saturated carbocycles. The molecule has 3 aromatic heterocycles. The summed E-state index contributed by atoms with van der Waals surface area (Å²) in [4.78, 5) is 11.8. The first-order chi connectivity index (χ1) is 10.2. The normalized spacial score (nSPS) is 12.1. The van der Waals surface area contributed by atoms with Crippen molar-refractivity contribution in [3.05, 3.63) is 31.0 Å². The number of hydrogen-bond acceptors (Lipinski definition) is 3. The van der Waals surface area contributed by atoms with Crippen molar-refractivity contribution in [2.45, 2.75) is 45.6 Å².